The summed E-state index contributed by atoms with van der Waals surface area (Å²) in [5.41, 5.74) is 3.47. The van der Waals surface area contributed by atoms with Gasteiger partial charge < -0.3 is 25.0 Å². The Morgan fingerprint density at radius 2 is 1.46 bits per heavy atom. The molecule has 2 aromatic carbocycles. The van der Waals surface area contributed by atoms with Crippen LogP contribution in [-0.4, -0.2) is 41.3 Å². The Morgan fingerprint density at radius 3 is 2.00 bits per heavy atom. The third kappa shape index (κ3) is 5.31. The van der Waals surface area contributed by atoms with Crippen LogP contribution < -0.4 is 25.0 Å². The van der Waals surface area contributed by atoms with Gasteiger partial charge in [0.25, 0.3) is 0 Å². The van der Waals surface area contributed by atoms with Gasteiger partial charge in [-0.05, 0) is 35.4 Å². The lowest BCUT2D eigenvalue weighted by Gasteiger charge is -2.15. The number of rotatable bonds is 7. The summed E-state index contributed by atoms with van der Waals surface area (Å²) < 4.78 is 10.6. The van der Waals surface area contributed by atoms with Crippen LogP contribution >= 0.6 is 0 Å². The van der Waals surface area contributed by atoms with E-state index in [1.54, 1.807) is 21.3 Å². The predicted octanol–water partition coefficient (Wildman–Crippen LogP) is 2.64. The molecule has 0 atom stereocenters. The highest BCUT2D eigenvalue weighted by atomic mass is 16.5. The minimum atomic E-state index is 0.638. The largest absolute Gasteiger partial charge is 0.493 e. The summed E-state index contributed by atoms with van der Waals surface area (Å²) in [4.78, 5) is 6.35. The van der Waals surface area contributed by atoms with Gasteiger partial charge in [-0.1, -0.05) is 18.2 Å². The molecule has 0 saturated carbocycles. The highest BCUT2D eigenvalue weighted by Gasteiger charge is 2.05. The molecule has 0 amide bonds. The van der Waals surface area contributed by atoms with Crippen molar-refractivity contribution in [1.29, 1.82) is 0 Å². The first kappa shape index (κ1) is 19.4. The van der Waals surface area contributed by atoms with E-state index in [2.05, 4.69) is 44.8 Å². The maximum atomic E-state index is 5.34. The van der Waals surface area contributed by atoms with Crippen LogP contribution in [0.3, 0.4) is 0 Å². The third-order valence-corrected chi connectivity index (χ3v) is 4.04. The van der Waals surface area contributed by atoms with Gasteiger partial charge in [0, 0.05) is 39.9 Å². The fourth-order valence-electron chi connectivity index (χ4n) is 2.49. The highest BCUT2D eigenvalue weighted by molar-refractivity contribution is 5.79. The molecular formula is C20H28N4O2. The number of hydrogen-bond acceptors (Lipinski definition) is 4. The molecular weight excluding hydrogens is 328 g/mol. The van der Waals surface area contributed by atoms with Crippen LogP contribution in [0, 0.1) is 0 Å². The molecule has 0 heterocycles. The van der Waals surface area contributed by atoms with Crippen molar-refractivity contribution in [3.05, 3.63) is 53.6 Å². The van der Waals surface area contributed by atoms with E-state index in [0.29, 0.717) is 13.1 Å². The summed E-state index contributed by atoms with van der Waals surface area (Å²) in [7, 11) is 9.10. The highest BCUT2D eigenvalue weighted by Crippen LogP contribution is 2.27. The summed E-state index contributed by atoms with van der Waals surface area (Å²) in [6, 6.07) is 14.3. The molecule has 0 radical (unpaired) electrons. The van der Waals surface area contributed by atoms with Crippen molar-refractivity contribution in [3.63, 3.8) is 0 Å². The van der Waals surface area contributed by atoms with Crippen LogP contribution in [-0.2, 0) is 13.1 Å². The molecule has 2 rings (SSSR count). The zero-order valence-electron chi connectivity index (χ0n) is 16.2. The van der Waals surface area contributed by atoms with Gasteiger partial charge in [-0.15, -0.1) is 0 Å². The van der Waals surface area contributed by atoms with Gasteiger partial charge in [-0.2, -0.15) is 0 Å². The maximum absolute atomic E-state index is 5.34. The van der Waals surface area contributed by atoms with Crippen molar-refractivity contribution in [1.82, 2.24) is 10.6 Å². The van der Waals surface area contributed by atoms with E-state index in [4.69, 9.17) is 9.47 Å². The van der Waals surface area contributed by atoms with Crippen molar-refractivity contribution in [2.24, 2.45) is 4.99 Å². The smallest absolute Gasteiger partial charge is 0.191 e. The average Bonchev–Trinajstić information content (AvgIpc) is 2.68. The van der Waals surface area contributed by atoms with Crippen molar-refractivity contribution < 1.29 is 9.47 Å². The molecule has 140 valence electrons. The molecule has 0 aliphatic heterocycles. The number of hydrogen-bond donors (Lipinski definition) is 2. The first-order valence-electron chi connectivity index (χ1n) is 8.49. The Bertz CT molecular complexity index is 727. The second kappa shape index (κ2) is 9.56. The lowest BCUT2D eigenvalue weighted by Crippen LogP contribution is -2.36. The second-order valence-electron chi connectivity index (χ2n) is 6.03. The number of guanidine groups is 1. The predicted molar refractivity (Wildman–Crippen MR) is 107 cm³/mol. The normalized spacial score (nSPS) is 11.0. The number of aliphatic imine (C=N–C) groups is 1. The van der Waals surface area contributed by atoms with Gasteiger partial charge in [0.1, 0.15) is 0 Å². The summed E-state index contributed by atoms with van der Waals surface area (Å²) in [5, 5.41) is 6.63. The molecule has 0 aliphatic rings. The van der Waals surface area contributed by atoms with Crippen molar-refractivity contribution >= 4 is 11.6 Å². The summed E-state index contributed by atoms with van der Waals surface area (Å²) in [6.07, 6.45) is 0. The minimum Gasteiger partial charge on any atom is -0.493 e. The number of anilines is 1. The number of benzene rings is 2. The monoisotopic (exact) mass is 356 g/mol. The number of nitrogens with one attached hydrogen (secondary N) is 2. The Morgan fingerprint density at radius 1 is 0.885 bits per heavy atom. The van der Waals surface area contributed by atoms with Gasteiger partial charge in [0.05, 0.1) is 14.2 Å². The fourth-order valence-corrected chi connectivity index (χ4v) is 2.49. The summed E-state index contributed by atoms with van der Waals surface area (Å²) >= 11 is 0. The van der Waals surface area contributed by atoms with Crippen molar-refractivity contribution in [2.75, 3.05) is 40.3 Å². The first-order valence-corrected chi connectivity index (χ1v) is 8.49. The van der Waals surface area contributed by atoms with E-state index in [-0.39, 0.29) is 0 Å². The number of methoxy groups -OCH3 is 2. The van der Waals surface area contributed by atoms with E-state index in [9.17, 15) is 0 Å². The molecule has 0 fully saturated rings. The number of nitrogens with zero attached hydrogens (tertiary/aromatic N) is 2. The molecule has 0 unspecified atom stereocenters. The maximum Gasteiger partial charge on any atom is 0.191 e. The van der Waals surface area contributed by atoms with Gasteiger partial charge in [-0.25, -0.2) is 0 Å². The average molecular weight is 356 g/mol. The fraction of sp³-hybridized carbons (Fsp3) is 0.350. The molecule has 2 N–H and O–H groups in total. The van der Waals surface area contributed by atoms with Gasteiger partial charge in [0.2, 0.25) is 0 Å². The summed E-state index contributed by atoms with van der Waals surface area (Å²) in [5.74, 6) is 2.19. The SMILES string of the molecule is CN=C(NCc1ccc(N(C)C)cc1)NCc1ccc(OC)c(OC)c1. The zero-order chi connectivity index (χ0) is 18.9. The third-order valence-electron chi connectivity index (χ3n) is 4.04. The molecule has 6 nitrogen and oxygen atoms in total. The Kier molecular flexibility index (Phi) is 7.14. The van der Waals surface area contributed by atoms with E-state index >= 15 is 0 Å². The molecule has 0 aromatic heterocycles. The minimum absolute atomic E-state index is 0.638. The number of ether oxygens (including phenoxy) is 2. The topological polar surface area (TPSA) is 58.1 Å². The van der Waals surface area contributed by atoms with Crippen molar-refractivity contribution in [3.8, 4) is 11.5 Å². The van der Waals surface area contributed by atoms with Crippen LogP contribution in [0.1, 0.15) is 11.1 Å². The van der Waals surface area contributed by atoms with E-state index < -0.39 is 0 Å². The Labute approximate surface area is 155 Å². The molecule has 0 bridgehead atoms. The van der Waals surface area contributed by atoms with Gasteiger partial charge in [-0.3, -0.25) is 4.99 Å². The molecule has 26 heavy (non-hydrogen) atoms. The van der Waals surface area contributed by atoms with E-state index in [1.807, 2.05) is 32.3 Å². The quantitative estimate of drug-likeness (QED) is 0.590. The second-order valence-corrected chi connectivity index (χ2v) is 6.03. The van der Waals surface area contributed by atoms with E-state index in [1.165, 1.54) is 11.3 Å². The molecule has 6 heteroatoms. The van der Waals surface area contributed by atoms with Crippen LogP contribution in [0.4, 0.5) is 5.69 Å². The lowest BCUT2D eigenvalue weighted by atomic mass is 10.2. The zero-order valence-corrected chi connectivity index (χ0v) is 16.2. The van der Waals surface area contributed by atoms with Crippen LogP contribution in [0.2, 0.25) is 0 Å². The first-order chi connectivity index (χ1) is 12.6. The summed E-state index contributed by atoms with van der Waals surface area (Å²) in [6.45, 7) is 1.35. The molecule has 2 aromatic rings. The van der Waals surface area contributed by atoms with Gasteiger partial charge >= 0.3 is 0 Å². The lowest BCUT2D eigenvalue weighted by molar-refractivity contribution is 0.354. The Balaban J connectivity index is 1.89. The Hall–Kier alpha value is -2.89. The van der Waals surface area contributed by atoms with Crippen LogP contribution in [0.15, 0.2) is 47.5 Å². The van der Waals surface area contributed by atoms with Crippen LogP contribution in [0.5, 0.6) is 11.5 Å². The van der Waals surface area contributed by atoms with Gasteiger partial charge in [0.15, 0.2) is 17.5 Å². The van der Waals surface area contributed by atoms with E-state index in [0.717, 1.165) is 23.0 Å². The molecule has 0 saturated heterocycles. The standard InChI is InChI=1S/C20H28N4O2/c1-21-20(22-13-15-6-9-17(10-7-15)24(2)3)23-14-16-8-11-18(25-4)19(12-16)26-5/h6-12H,13-14H2,1-5H3,(H2,21,22,23). The molecule has 0 spiro atoms. The van der Waals surface area contributed by atoms with Crippen LogP contribution in [0.25, 0.3) is 0 Å². The van der Waals surface area contributed by atoms with Crippen molar-refractivity contribution in [2.45, 2.75) is 13.1 Å². The molecule has 0 aliphatic carbocycles.